The second-order valence-electron chi connectivity index (χ2n) is 6.63. The monoisotopic (exact) mass is 358 g/mol. The van der Waals surface area contributed by atoms with Crippen molar-refractivity contribution in [1.29, 1.82) is 0 Å². The SMILES string of the molecule is CC(NCc1cccc(S(=O)(=O)N2CCCCC2)c1)c1ccccc1. The van der Waals surface area contributed by atoms with Gasteiger partial charge >= 0.3 is 0 Å². The molecule has 1 fully saturated rings. The first kappa shape index (κ1) is 18.1. The smallest absolute Gasteiger partial charge is 0.243 e. The molecule has 2 aromatic rings. The van der Waals surface area contributed by atoms with E-state index < -0.39 is 10.0 Å². The number of sulfonamides is 1. The summed E-state index contributed by atoms with van der Waals surface area (Å²) in [4.78, 5) is 0.404. The minimum atomic E-state index is -3.37. The molecule has 5 heteroatoms. The summed E-state index contributed by atoms with van der Waals surface area (Å²) in [5.74, 6) is 0. The maximum atomic E-state index is 12.8. The molecule has 25 heavy (non-hydrogen) atoms. The van der Waals surface area contributed by atoms with Gasteiger partial charge in [0.1, 0.15) is 0 Å². The lowest BCUT2D eigenvalue weighted by molar-refractivity contribution is 0.346. The molecule has 0 amide bonds. The minimum absolute atomic E-state index is 0.212. The Balaban J connectivity index is 1.69. The van der Waals surface area contributed by atoms with E-state index in [-0.39, 0.29) is 6.04 Å². The van der Waals surface area contributed by atoms with Crippen molar-refractivity contribution in [3.8, 4) is 0 Å². The maximum absolute atomic E-state index is 12.8. The lowest BCUT2D eigenvalue weighted by atomic mass is 10.1. The number of benzene rings is 2. The molecular weight excluding hydrogens is 332 g/mol. The van der Waals surface area contributed by atoms with Gasteiger partial charge in [0.05, 0.1) is 4.90 Å². The van der Waals surface area contributed by atoms with Crippen LogP contribution in [0.4, 0.5) is 0 Å². The molecule has 2 aromatic carbocycles. The molecule has 0 aromatic heterocycles. The summed E-state index contributed by atoms with van der Waals surface area (Å²) in [7, 11) is -3.37. The average Bonchev–Trinajstić information content (AvgIpc) is 2.67. The van der Waals surface area contributed by atoms with Crippen LogP contribution in [0.2, 0.25) is 0 Å². The number of hydrogen-bond donors (Lipinski definition) is 1. The predicted octanol–water partition coefficient (Wildman–Crippen LogP) is 3.71. The summed E-state index contributed by atoms with van der Waals surface area (Å²) in [5.41, 5.74) is 2.21. The fourth-order valence-corrected chi connectivity index (χ4v) is 4.79. The Morgan fingerprint density at radius 1 is 1.00 bits per heavy atom. The van der Waals surface area contributed by atoms with E-state index in [1.807, 2.05) is 30.3 Å². The molecule has 1 aliphatic rings. The van der Waals surface area contributed by atoms with Crippen LogP contribution in [-0.4, -0.2) is 25.8 Å². The average molecular weight is 359 g/mol. The van der Waals surface area contributed by atoms with Crippen molar-refractivity contribution in [2.24, 2.45) is 0 Å². The van der Waals surface area contributed by atoms with Gasteiger partial charge < -0.3 is 5.32 Å². The summed E-state index contributed by atoms with van der Waals surface area (Å²) in [6.45, 7) is 4.02. The molecule has 1 unspecified atom stereocenters. The topological polar surface area (TPSA) is 49.4 Å². The van der Waals surface area contributed by atoms with Gasteiger partial charge in [-0.15, -0.1) is 0 Å². The van der Waals surface area contributed by atoms with Gasteiger partial charge in [0, 0.05) is 25.7 Å². The molecule has 1 aliphatic heterocycles. The van der Waals surface area contributed by atoms with Gasteiger partial charge in [0.25, 0.3) is 0 Å². The zero-order chi connectivity index (χ0) is 17.7. The highest BCUT2D eigenvalue weighted by atomic mass is 32.2. The highest BCUT2D eigenvalue weighted by Gasteiger charge is 2.25. The van der Waals surface area contributed by atoms with Crippen LogP contribution in [-0.2, 0) is 16.6 Å². The zero-order valence-electron chi connectivity index (χ0n) is 14.7. The Kier molecular flexibility index (Phi) is 5.89. The lowest BCUT2D eigenvalue weighted by Crippen LogP contribution is -2.35. The minimum Gasteiger partial charge on any atom is -0.306 e. The van der Waals surface area contributed by atoms with E-state index in [0.717, 1.165) is 24.8 Å². The van der Waals surface area contributed by atoms with Crippen LogP contribution in [0.5, 0.6) is 0 Å². The predicted molar refractivity (Wildman–Crippen MR) is 101 cm³/mol. The Hall–Kier alpha value is -1.69. The number of hydrogen-bond acceptors (Lipinski definition) is 3. The van der Waals surface area contributed by atoms with Crippen LogP contribution in [0.1, 0.15) is 43.4 Å². The molecule has 0 bridgehead atoms. The Morgan fingerprint density at radius 2 is 1.72 bits per heavy atom. The molecule has 0 aliphatic carbocycles. The van der Waals surface area contributed by atoms with Crippen molar-refractivity contribution in [3.05, 3.63) is 65.7 Å². The summed E-state index contributed by atoms with van der Waals surface area (Å²) in [5, 5.41) is 3.46. The number of nitrogens with one attached hydrogen (secondary N) is 1. The number of piperidine rings is 1. The summed E-state index contributed by atoms with van der Waals surface area (Å²) >= 11 is 0. The van der Waals surface area contributed by atoms with Crippen molar-refractivity contribution < 1.29 is 8.42 Å². The highest BCUT2D eigenvalue weighted by molar-refractivity contribution is 7.89. The fourth-order valence-electron chi connectivity index (χ4n) is 3.20. The third kappa shape index (κ3) is 4.48. The van der Waals surface area contributed by atoms with E-state index in [2.05, 4.69) is 24.4 Å². The molecule has 1 atom stereocenters. The first-order valence-electron chi connectivity index (χ1n) is 8.95. The number of rotatable bonds is 6. The zero-order valence-corrected chi connectivity index (χ0v) is 15.5. The van der Waals surface area contributed by atoms with Crippen LogP contribution in [0.25, 0.3) is 0 Å². The van der Waals surface area contributed by atoms with Crippen LogP contribution in [0.3, 0.4) is 0 Å². The van der Waals surface area contributed by atoms with Crippen LogP contribution in [0, 0.1) is 0 Å². The normalized spacial score (nSPS) is 17.3. The molecule has 1 heterocycles. The van der Waals surface area contributed by atoms with E-state index >= 15 is 0 Å². The van der Waals surface area contributed by atoms with E-state index in [0.29, 0.717) is 24.5 Å². The van der Waals surface area contributed by atoms with Crippen molar-refractivity contribution in [1.82, 2.24) is 9.62 Å². The van der Waals surface area contributed by atoms with Crippen LogP contribution >= 0.6 is 0 Å². The molecule has 1 N–H and O–H groups in total. The van der Waals surface area contributed by atoms with Crippen LogP contribution in [0.15, 0.2) is 59.5 Å². The molecular formula is C20H26N2O2S. The molecule has 4 nitrogen and oxygen atoms in total. The second-order valence-corrected chi connectivity index (χ2v) is 8.56. The molecule has 0 spiro atoms. The molecule has 1 saturated heterocycles. The Bertz CT molecular complexity index is 784. The molecule has 134 valence electrons. The third-order valence-electron chi connectivity index (χ3n) is 4.76. The summed E-state index contributed by atoms with van der Waals surface area (Å²) in [6, 6.07) is 17.8. The number of nitrogens with zero attached hydrogens (tertiary/aromatic N) is 1. The Morgan fingerprint density at radius 3 is 2.44 bits per heavy atom. The Labute approximate surface area is 150 Å². The van der Waals surface area contributed by atoms with E-state index in [4.69, 9.17) is 0 Å². The highest BCUT2D eigenvalue weighted by Crippen LogP contribution is 2.21. The second kappa shape index (κ2) is 8.13. The van der Waals surface area contributed by atoms with Gasteiger partial charge in [-0.2, -0.15) is 4.31 Å². The quantitative estimate of drug-likeness (QED) is 0.856. The van der Waals surface area contributed by atoms with E-state index in [1.165, 1.54) is 5.56 Å². The molecule has 3 rings (SSSR count). The first-order chi connectivity index (χ1) is 12.1. The van der Waals surface area contributed by atoms with Gasteiger partial charge in [0.15, 0.2) is 0 Å². The van der Waals surface area contributed by atoms with Gasteiger partial charge in [-0.05, 0) is 43.0 Å². The van der Waals surface area contributed by atoms with Crippen molar-refractivity contribution in [3.63, 3.8) is 0 Å². The largest absolute Gasteiger partial charge is 0.306 e. The van der Waals surface area contributed by atoms with Crippen molar-refractivity contribution in [2.45, 2.75) is 43.7 Å². The van der Waals surface area contributed by atoms with Gasteiger partial charge in [-0.25, -0.2) is 8.42 Å². The van der Waals surface area contributed by atoms with E-state index in [9.17, 15) is 8.42 Å². The summed E-state index contributed by atoms with van der Waals surface area (Å²) in [6.07, 6.45) is 3.03. The van der Waals surface area contributed by atoms with Crippen LogP contribution < -0.4 is 5.32 Å². The van der Waals surface area contributed by atoms with Crippen molar-refractivity contribution in [2.75, 3.05) is 13.1 Å². The van der Waals surface area contributed by atoms with Gasteiger partial charge in [0.2, 0.25) is 10.0 Å². The van der Waals surface area contributed by atoms with Gasteiger partial charge in [-0.3, -0.25) is 0 Å². The van der Waals surface area contributed by atoms with E-state index in [1.54, 1.807) is 16.4 Å². The maximum Gasteiger partial charge on any atom is 0.243 e. The first-order valence-corrected chi connectivity index (χ1v) is 10.4. The van der Waals surface area contributed by atoms with Crippen molar-refractivity contribution >= 4 is 10.0 Å². The summed E-state index contributed by atoms with van der Waals surface area (Å²) < 4.78 is 27.2. The lowest BCUT2D eigenvalue weighted by Gasteiger charge is -2.26. The van der Waals surface area contributed by atoms with Gasteiger partial charge in [-0.1, -0.05) is 48.9 Å². The molecule has 0 radical (unpaired) electrons. The fraction of sp³-hybridized carbons (Fsp3) is 0.400. The standard InChI is InChI=1S/C20H26N2O2S/c1-17(19-10-4-2-5-11-19)21-16-18-9-8-12-20(15-18)25(23,24)22-13-6-3-7-14-22/h2,4-5,8-12,15,17,21H,3,6-7,13-14,16H2,1H3. The third-order valence-corrected chi connectivity index (χ3v) is 6.66. The molecule has 0 saturated carbocycles.